The van der Waals surface area contributed by atoms with Gasteiger partial charge in [0.1, 0.15) is 9.23 Å². The van der Waals surface area contributed by atoms with Crippen molar-refractivity contribution in [1.82, 2.24) is 0 Å². The predicted molar refractivity (Wildman–Crippen MR) is 85.5 cm³/mol. The quantitative estimate of drug-likeness (QED) is 0.803. The highest BCUT2D eigenvalue weighted by atomic mass is 35.5. The second-order valence-corrected chi connectivity index (χ2v) is 8.13. The van der Waals surface area contributed by atoms with Crippen LogP contribution in [0.1, 0.15) is 6.42 Å². The van der Waals surface area contributed by atoms with Crippen LogP contribution in [-0.4, -0.2) is 15.0 Å². The van der Waals surface area contributed by atoms with E-state index < -0.39 is 10.0 Å². The summed E-state index contributed by atoms with van der Waals surface area (Å²) in [5.41, 5.74) is 0.478. The minimum atomic E-state index is -3.86. The van der Waals surface area contributed by atoms with Crippen molar-refractivity contribution >= 4 is 50.2 Å². The van der Waals surface area contributed by atoms with Gasteiger partial charge < -0.3 is 0 Å². The number of halogens is 2. The molecule has 0 unspecified atom stereocenters. The smallest absolute Gasteiger partial charge is 0.265 e. The molecule has 2 rings (SSSR count). The molecule has 110 valence electrons. The number of para-hydroxylation sites is 1. The molecule has 8 heteroatoms. The molecule has 2 aromatic rings. The molecule has 0 aliphatic rings. The van der Waals surface area contributed by atoms with Gasteiger partial charge in [0.15, 0.2) is 0 Å². The lowest BCUT2D eigenvalue weighted by Gasteiger charge is -2.23. The molecule has 0 radical (unpaired) electrons. The van der Waals surface area contributed by atoms with Gasteiger partial charge in [-0.15, -0.1) is 11.3 Å². The van der Waals surface area contributed by atoms with Gasteiger partial charge in [0.2, 0.25) is 0 Å². The first-order chi connectivity index (χ1) is 9.96. The summed E-state index contributed by atoms with van der Waals surface area (Å²) in [6, 6.07) is 11.8. The Morgan fingerprint density at radius 3 is 2.43 bits per heavy atom. The molecule has 1 aromatic carbocycles. The summed E-state index contributed by atoms with van der Waals surface area (Å²) < 4.78 is 27.1. The van der Waals surface area contributed by atoms with E-state index in [9.17, 15) is 8.42 Å². The maximum atomic E-state index is 12.8. The van der Waals surface area contributed by atoms with Crippen molar-refractivity contribution in [2.75, 3.05) is 10.8 Å². The maximum Gasteiger partial charge on any atom is 0.266 e. The molecule has 0 saturated carbocycles. The Morgan fingerprint density at radius 1 is 1.24 bits per heavy atom. The normalized spacial score (nSPS) is 11.1. The summed E-state index contributed by atoms with van der Waals surface area (Å²) in [5.74, 6) is 0. The van der Waals surface area contributed by atoms with Gasteiger partial charge in [0.05, 0.1) is 22.5 Å². The Bertz CT molecular complexity index is 767. The molecular formula is C13H10Cl2N2O2S2. The van der Waals surface area contributed by atoms with Crippen molar-refractivity contribution in [2.45, 2.75) is 11.3 Å². The first kappa shape index (κ1) is 16.1. The van der Waals surface area contributed by atoms with Crippen molar-refractivity contribution in [3.05, 3.63) is 45.1 Å². The van der Waals surface area contributed by atoms with Gasteiger partial charge in [-0.1, -0.05) is 41.4 Å². The van der Waals surface area contributed by atoms with E-state index >= 15 is 0 Å². The zero-order valence-corrected chi connectivity index (χ0v) is 13.8. The van der Waals surface area contributed by atoms with Crippen LogP contribution in [0, 0.1) is 11.3 Å². The van der Waals surface area contributed by atoms with E-state index in [1.807, 2.05) is 6.07 Å². The van der Waals surface area contributed by atoms with Crippen LogP contribution in [0.15, 0.2) is 41.3 Å². The van der Waals surface area contributed by atoms with Crippen molar-refractivity contribution in [2.24, 2.45) is 0 Å². The highest BCUT2D eigenvalue weighted by molar-refractivity contribution is 7.93. The molecule has 4 nitrogen and oxygen atoms in total. The number of anilines is 1. The van der Waals surface area contributed by atoms with Crippen LogP contribution in [0.3, 0.4) is 0 Å². The fraction of sp³-hybridized carbons (Fsp3) is 0.154. The van der Waals surface area contributed by atoms with Crippen molar-refractivity contribution in [3.8, 4) is 6.07 Å². The average Bonchev–Trinajstić information content (AvgIpc) is 2.80. The molecule has 0 atom stereocenters. The molecule has 0 saturated heterocycles. The maximum absolute atomic E-state index is 12.8. The minimum Gasteiger partial charge on any atom is -0.265 e. The van der Waals surface area contributed by atoms with Crippen LogP contribution >= 0.6 is 34.5 Å². The fourth-order valence-electron chi connectivity index (χ4n) is 1.75. The molecule has 0 aliphatic carbocycles. The van der Waals surface area contributed by atoms with Crippen LogP contribution in [-0.2, 0) is 10.0 Å². The zero-order chi connectivity index (χ0) is 15.5. The third kappa shape index (κ3) is 3.50. The van der Waals surface area contributed by atoms with Gasteiger partial charge in [-0.2, -0.15) is 5.26 Å². The molecule has 1 heterocycles. The third-order valence-electron chi connectivity index (χ3n) is 2.66. The van der Waals surface area contributed by atoms with E-state index in [1.165, 1.54) is 10.4 Å². The summed E-state index contributed by atoms with van der Waals surface area (Å²) in [7, 11) is -3.86. The van der Waals surface area contributed by atoms with Crippen LogP contribution in [0.2, 0.25) is 8.67 Å². The van der Waals surface area contributed by atoms with Gasteiger partial charge in [0.25, 0.3) is 10.0 Å². The van der Waals surface area contributed by atoms with Crippen LogP contribution in [0.25, 0.3) is 0 Å². The Balaban J connectivity index is 2.50. The number of sulfonamides is 1. The molecule has 0 fully saturated rings. The predicted octanol–water partition coefficient (Wildman–Crippen LogP) is 4.16. The minimum absolute atomic E-state index is 0.0408. The highest BCUT2D eigenvalue weighted by Crippen LogP contribution is 2.37. The largest absolute Gasteiger partial charge is 0.266 e. The fourth-order valence-corrected chi connectivity index (χ4v) is 5.33. The lowest BCUT2D eigenvalue weighted by Crippen LogP contribution is -2.31. The molecule has 0 N–H and O–H groups in total. The molecule has 0 aliphatic heterocycles. The standard InChI is InChI=1S/C13H10Cl2N2O2S2/c14-12-9-11(13(15)20-12)21(18,19)17(8-4-7-16)10-5-2-1-3-6-10/h1-3,5-6,9H,4,8H2. The van der Waals surface area contributed by atoms with E-state index in [0.29, 0.717) is 10.0 Å². The topological polar surface area (TPSA) is 61.2 Å². The summed E-state index contributed by atoms with van der Waals surface area (Å²) in [5, 5.41) is 8.74. The number of nitrogens with zero attached hydrogens (tertiary/aromatic N) is 2. The zero-order valence-electron chi connectivity index (χ0n) is 10.7. The van der Waals surface area contributed by atoms with Crippen LogP contribution in [0.5, 0.6) is 0 Å². The van der Waals surface area contributed by atoms with Crippen molar-refractivity contribution in [1.29, 1.82) is 5.26 Å². The number of rotatable bonds is 5. The van der Waals surface area contributed by atoms with E-state index in [1.54, 1.807) is 30.3 Å². The van der Waals surface area contributed by atoms with E-state index in [2.05, 4.69) is 0 Å². The van der Waals surface area contributed by atoms with E-state index in [0.717, 1.165) is 11.3 Å². The number of thiophene rings is 1. The van der Waals surface area contributed by atoms with Gasteiger partial charge in [-0.25, -0.2) is 8.42 Å². The lowest BCUT2D eigenvalue weighted by atomic mass is 10.3. The molecule has 0 spiro atoms. The van der Waals surface area contributed by atoms with E-state index in [-0.39, 0.29) is 22.2 Å². The summed E-state index contributed by atoms with van der Waals surface area (Å²) in [6.45, 7) is 0.0483. The van der Waals surface area contributed by atoms with Crippen molar-refractivity contribution < 1.29 is 8.42 Å². The number of hydrogen-bond acceptors (Lipinski definition) is 4. The number of nitriles is 1. The Kier molecular flexibility index (Phi) is 5.12. The van der Waals surface area contributed by atoms with Gasteiger partial charge in [-0.3, -0.25) is 4.31 Å². The second-order valence-electron chi connectivity index (χ2n) is 4.01. The molecular weight excluding hydrogens is 351 g/mol. The van der Waals surface area contributed by atoms with Crippen molar-refractivity contribution in [3.63, 3.8) is 0 Å². The molecule has 1 aromatic heterocycles. The SMILES string of the molecule is N#CCCN(c1ccccc1)S(=O)(=O)c1cc(Cl)sc1Cl. The first-order valence-electron chi connectivity index (χ1n) is 5.86. The molecule has 21 heavy (non-hydrogen) atoms. The highest BCUT2D eigenvalue weighted by Gasteiger charge is 2.28. The summed E-state index contributed by atoms with van der Waals surface area (Å²) in [6.07, 6.45) is 0.0730. The van der Waals surface area contributed by atoms with E-state index in [4.69, 9.17) is 28.5 Å². The number of hydrogen-bond donors (Lipinski definition) is 0. The monoisotopic (exact) mass is 360 g/mol. The van der Waals surface area contributed by atoms with Gasteiger partial charge in [-0.05, 0) is 18.2 Å². The summed E-state index contributed by atoms with van der Waals surface area (Å²) >= 11 is 12.8. The number of benzene rings is 1. The first-order valence-corrected chi connectivity index (χ1v) is 8.87. The Morgan fingerprint density at radius 2 is 1.90 bits per heavy atom. The summed E-state index contributed by atoms with van der Waals surface area (Å²) in [4.78, 5) is -0.0408. The Labute approximate surface area is 137 Å². The van der Waals surface area contributed by atoms with Gasteiger partial charge >= 0.3 is 0 Å². The average molecular weight is 361 g/mol. The Hall–Kier alpha value is -1.26. The van der Waals surface area contributed by atoms with Crippen LogP contribution < -0.4 is 4.31 Å². The molecule has 0 amide bonds. The molecule has 0 bridgehead atoms. The van der Waals surface area contributed by atoms with Gasteiger partial charge in [0, 0.05) is 6.54 Å². The van der Waals surface area contributed by atoms with Crippen LogP contribution in [0.4, 0.5) is 5.69 Å². The third-order valence-corrected chi connectivity index (χ3v) is 6.24. The lowest BCUT2D eigenvalue weighted by molar-refractivity contribution is 0.591. The second kappa shape index (κ2) is 6.67.